The lowest BCUT2D eigenvalue weighted by Gasteiger charge is -2.05. The Bertz CT molecular complexity index is 345. The van der Waals surface area contributed by atoms with E-state index >= 15 is 0 Å². The summed E-state index contributed by atoms with van der Waals surface area (Å²) in [6, 6.07) is 3.83. The number of hydrogen-bond donors (Lipinski definition) is 1. The molecule has 5 heteroatoms. The highest BCUT2D eigenvalue weighted by Gasteiger charge is 2.32. The second kappa shape index (κ2) is 4.93. The van der Waals surface area contributed by atoms with Crippen molar-refractivity contribution in [1.82, 2.24) is 10.3 Å². The second-order valence-corrected chi connectivity index (χ2v) is 2.91. The molecule has 0 aliphatic heterocycles. The topological polar surface area (TPSA) is 24.9 Å². The number of halogens is 3. The van der Waals surface area contributed by atoms with E-state index in [1.54, 1.807) is 19.2 Å². The Kier molecular flexibility index (Phi) is 3.85. The van der Waals surface area contributed by atoms with Gasteiger partial charge in [0.1, 0.15) is 5.69 Å². The fourth-order valence-corrected chi connectivity index (χ4v) is 1.000. The molecule has 1 aromatic heterocycles. The van der Waals surface area contributed by atoms with Crippen molar-refractivity contribution in [3.05, 3.63) is 35.7 Å². The van der Waals surface area contributed by atoms with Crippen LogP contribution in [0.2, 0.25) is 0 Å². The molecule has 0 amide bonds. The maximum Gasteiger partial charge on any atom is 0.433 e. The van der Waals surface area contributed by atoms with E-state index in [0.29, 0.717) is 12.2 Å². The Morgan fingerprint density at radius 3 is 2.73 bits per heavy atom. The van der Waals surface area contributed by atoms with Crippen LogP contribution in [0.5, 0.6) is 0 Å². The quantitative estimate of drug-likeness (QED) is 0.838. The summed E-state index contributed by atoms with van der Waals surface area (Å²) < 4.78 is 36.8. The lowest BCUT2D eigenvalue weighted by molar-refractivity contribution is -0.141. The first kappa shape index (κ1) is 11.7. The lowest BCUT2D eigenvalue weighted by Crippen LogP contribution is -2.08. The van der Waals surface area contributed by atoms with Gasteiger partial charge in [0.25, 0.3) is 0 Å². The summed E-state index contributed by atoms with van der Waals surface area (Å²) in [4.78, 5) is 3.48. The summed E-state index contributed by atoms with van der Waals surface area (Å²) in [6.45, 7) is 0.595. The Labute approximate surface area is 85.8 Å². The van der Waals surface area contributed by atoms with Crippen LogP contribution in [0.1, 0.15) is 11.4 Å². The van der Waals surface area contributed by atoms with E-state index in [0.717, 1.165) is 6.07 Å². The third kappa shape index (κ3) is 3.71. The lowest BCUT2D eigenvalue weighted by atomic mass is 10.3. The van der Waals surface area contributed by atoms with E-state index in [9.17, 15) is 13.2 Å². The van der Waals surface area contributed by atoms with Crippen LogP contribution in [-0.4, -0.2) is 18.6 Å². The molecule has 0 bridgehead atoms. The number of pyridine rings is 1. The van der Waals surface area contributed by atoms with Crippen molar-refractivity contribution in [2.24, 2.45) is 0 Å². The van der Waals surface area contributed by atoms with E-state index in [-0.39, 0.29) is 0 Å². The van der Waals surface area contributed by atoms with Crippen molar-refractivity contribution in [1.29, 1.82) is 0 Å². The predicted molar refractivity (Wildman–Crippen MR) is 52.2 cm³/mol. The molecule has 0 atom stereocenters. The van der Waals surface area contributed by atoms with Gasteiger partial charge in [-0.05, 0) is 25.3 Å². The van der Waals surface area contributed by atoms with Crippen molar-refractivity contribution in [3.63, 3.8) is 0 Å². The first-order valence-corrected chi connectivity index (χ1v) is 4.39. The van der Waals surface area contributed by atoms with Crippen molar-refractivity contribution in [3.8, 4) is 0 Å². The Morgan fingerprint density at radius 1 is 1.40 bits per heavy atom. The minimum atomic E-state index is -4.38. The maximum atomic E-state index is 12.3. The number of alkyl halides is 3. The summed E-state index contributed by atoms with van der Waals surface area (Å²) in [6.07, 6.45) is -1.12. The van der Waals surface area contributed by atoms with E-state index in [1.165, 1.54) is 12.1 Å². The van der Waals surface area contributed by atoms with Gasteiger partial charge >= 0.3 is 6.18 Å². The zero-order chi connectivity index (χ0) is 11.3. The number of hydrogen-bond acceptors (Lipinski definition) is 2. The van der Waals surface area contributed by atoms with Gasteiger partial charge in [-0.15, -0.1) is 0 Å². The van der Waals surface area contributed by atoms with Gasteiger partial charge < -0.3 is 5.32 Å². The normalized spacial score (nSPS) is 12.3. The Balaban J connectivity index is 2.84. The summed E-state index contributed by atoms with van der Waals surface area (Å²) in [5.41, 5.74) is -0.561. The monoisotopic (exact) mass is 216 g/mol. The van der Waals surface area contributed by atoms with Crippen molar-refractivity contribution >= 4 is 6.08 Å². The summed E-state index contributed by atoms with van der Waals surface area (Å²) >= 11 is 0. The molecule has 0 radical (unpaired) electrons. The molecule has 2 nitrogen and oxygen atoms in total. The van der Waals surface area contributed by atoms with Gasteiger partial charge in [-0.3, -0.25) is 0 Å². The number of nitrogens with zero attached hydrogens (tertiary/aromatic N) is 1. The van der Waals surface area contributed by atoms with Crippen LogP contribution in [0.4, 0.5) is 13.2 Å². The van der Waals surface area contributed by atoms with Crippen LogP contribution >= 0.6 is 0 Å². The van der Waals surface area contributed by atoms with Crippen molar-refractivity contribution in [2.75, 3.05) is 13.6 Å². The number of likely N-dealkylation sites (N-methyl/N-ethyl adjacent to an activating group) is 1. The van der Waals surface area contributed by atoms with E-state index < -0.39 is 11.9 Å². The van der Waals surface area contributed by atoms with Gasteiger partial charge in [-0.2, -0.15) is 13.2 Å². The van der Waals surface area contributed by atoms with E-state index in [1.807, 2.05) is 0 Å². The third-order valence-corrected chi connectivity index (χ3v) is 1.67. The Morgan fingerprint density at radius 2 is 2.13 bits per heavy atom. The smallest absolute Gasteiger partial charge is 0.316 e. The van der Waals surface area contributed by atoms with Gasteiger partial charge in [-0.25, -0.2) is 4.98 Å². The standard InChI is InChI=1S/C10H11F3N2/c1-14-7-3-5-8-4-2-6-9(15-8)10(11,12)13/h2-6,14H,7H2,1H3. The SMILES string of the molecule is CNCC=Cc1cccc(C(F)(F)F)n1. The van der Waals surface area contributed by atoms with Crippen LogP contribution < -0.4 is 5.32 Å². The largest absolute Gasteiger partial charge is 0.433 e. The molecular weight excluding hydrogens is 205 g/mol. The molecular formula is C10H11F3N2. The van der Waals surface area contributed by atoms with Crippen LogP contribution in [0, 0.1) is 0 Å². The average molecular weight is 216 g/mol. The number of nitrogens with one attached hydrogen (secondary N) is 1. The van der Waals surface area contributed by atoms with Gasteiger partial charge in [0, 0.05) is 6.54 Å². The molecule has 1 heterocycles. The van der Waals surface area contributed by atoms with Crippen LogP contribution in [-0.2, 0) is 6.18 Å². The highest BCUT2D eigenvalue weighted by molar-refractivity contribution is 5.44. The summed E-state index contributed by atoms with van der Waals surface area (Å²) in [7, 11) is 1.75. The Hall–Kier alpha value is -1.36. The predicted octanol–water partition coefficient (Wildman–Crippen LogP) is 2.33. The highest BCUT2D eigenvalue weighted by atomic mass is 19.4. The molecule has 15 heavy (non-hydrogen) atoms. The fraction of sp³-hybridized carbons (Fsp3) is 0.300. The molecule has 0 aliphatic rings. The first-order chi connectivity index (χ1) is 7.04. The maximum absolute atomic E-state index is 12.3. The molecule has 1 N–H and O–H groups in total. The zero-order valence-corrected chi connectivity index (χ0v) is 8.17. The molecule has 82 valence electrons. The molecule has 0 fully saturated rings. The molecule has 1 rings (SSSR count). The minimum absolute atomic E-state index is 0.306. The van der Waals surface area contributed by atoms with Gasteiger partial charge in [-0.1, -0.05) is 12.1 Å². The third-order valence-electron chi connectivity index (χ3n) is 1.67. The minimum Gasteiger partial charge on any atom is -0.316 e. The van der Waals surface area contributed by atoms with E-state index in [2.05, 4.69) is 10.3 Å². The van der Waals surface area contributed by atoms with Crippen LogP contribution in [0.25, 0.3) is 6.08 Å². The highest BCUT2D eigenvalue weighted by Crippen LogP contribution is 2.27. The van der Waals surface area contributed by atoms with E-state index in [4.69, 9.17) is 0 Å². The van der Waals surface area contributed by atoms with Gasteiger partial charge in [0.2, 0.25) is 0 Å². The fourth-order valence-electron chi connectivity index (χ4n) is 1.000. The van der Waals surface area contributed by atoms with Crippen LogP contribution in [0.15, 0.2) is 24.3 Å². The molecule has 0 aliphatic carbocycles. The molecule has 0 unspecified atom stereocenters. The summed E-state index contributed by atoms with van der Waals surface area (Å²) in [5.74, 6) is 0. The van der Waals surface area contributed by atoms with Gasteiger partial charge in [0.15, 0.2) is 0 Å². The molecule has 0 saturated carbocycles. The molecule has 0 spiro atoms. The van der Waals surface area contributed by atoms with Crippen LogP contribution in [0.3, 0.4) is 0 Å². The molecule has 0 saturated heterocycles. The van der Waals surface area contributed by atoms with Crippen molar-refractivity contribution in [2.45, 2.75) is 6.18 Å². The average Bonchev–Trinajstić information content (AvgIpc) is 2.17. The number of aromatic nitrogens is 1. The molecule has 1 aromatic rings. The van der Waals surface area contributed by atoms with Gasteiger partial charge in [0.05, 0.1) is 5.69 Å². The first-order valence-electron chi connectivity index (χ1n) is 4.39. The second-order valence-electron chi connectivity index (χ2n) is 2.91. The van der Waals surface area contributed by atoms with Crippen molar-refractivity contribution < 1.29 is 13.2 Å². The molecule has 0 aromatic carbocycles. The summed E-state index contributed by atoms with van der Waals surface area (Å²) in [5, 5.41) is 2.85. The zero-order valence-electron chi connectivity index (χ0n) is 8.17. The number of rotatable bonds is 3.